The maximum Gasteiger partial charge on any atom is 0.227 e. The second-order valence-electron chi connectivity index (χ2n) is 4.91. The molecule has 3 nitrogen and oxygen atoms in total. The maximum atomic E-state index is 12.2. The zero-order valence-electron chi connectivity index (χ0n) is 10.3. The first kappa shape index (κ1) is 12.6. The molecule has 4 heteroatoms. The van der Waals surface area contributed by atoms with E-state index >= 15 is 0 Å². The monoisotopic (exact) mass is 252 g/mol. The Kier molecular flexibility index (Phi) is 4.18. The summed E-state index contributed by atoms with van der Waals surface area (Å²) in [4.78, 5) is 14.2. The largest absolute Gasteiger partial charge is 0.338 e. The van der Waals surface area contributed by atoms with Crippen molar-refractivity contribution >= 4 is 17.2 Å². The molecular formula is C13H20N2OS. The first-order valence-corrected chi connectivity index (χ1v) is 7.15. The molecule has 1 aromatic heterocycles. The van der Waals surface area contributed by atoms with Crippen LogP contribution in [0.25, 0.3) is 0 Å². The molecule has 0 aromatic carbocycles. The van der Waals surface area contributed by atoms with E-state index in [0.717, 1.165) is 24.9 Å². The van der Waals surface area contributed by atoms with Crippen molar-refractivity contribution in [3.05, 3.63) is 22.4 Å². The van der Waals surface area contributed by atoms with Crippen molar-refractivity contribution in [2.24, 2.45) is 11.7 Å². The number of hydrogen-bond donors (Lipinski definition) is 1. The number of thiophene rings is 1. The lowest BCUT2D eigenvalue weighted by Gasteiger charge is -2.38. The lowest BCUT2D eigenvalue weighted by atomic mass is 9.92. The number of amides is 1. The predicted octanol–water partition coefficient (Wildman–Crippen LogP) is 1.88. The van der Waals surface area contributed by atoms with Gasteiger partial charge in [-0.1, -0.05) is 6.92 Å². The van der Waals surface area contributed by atoms with E-state index in [2.05, 4.69) is 6.92 Å². The smallest absolute Gasteiger partial charge is 0.227 e. The molecule has 94 valence electrons. The highest BCUT2D eigenvalue weighted by Crippen LogP contribution is 2.22. The van der Waals surface area contributed by atoms with Crippen molar-refractivity contribution in [1.29, 1.82) is 0 Å². The Morgan fingerprint density at radius 2 is 2.47 bits per heavy atom. The Labute approximate surface area is 107 Å². The van der Waals surface area contributed by atoms with Gasteiger partial charge in [-0.15, -0.1) is 0 Å². The number of carbonyl (C=O) groups excluding carboxylic acids is 1. The maximum absolute atomic E-state index is 12.2. The number of hydrogen-bond acceptors (Lipinski definition) is 3. The molecule has 1 aromatic rings. The van der Waals surface area contributed by atoms with Crippen LogP contribution < -0.4 is 5.73 Å². The Morgan fingerprint density at radius 1 is 1.65 bits per heavy atom. The summed E-state index contributed by atoms with van der Waals surface area (Å²) in [6.45, 7) is 3.69. The minimum atomic E-state index is 0.228. The topological polar surface area (TPSA) is 46.3 Å². The molecule has 2 rings (SSSR count). The molecule has 0 saturated carbocycles. The molecule has 1 aliphatic heterocycles. The fourth-order valence-corrected chi connectivity index (χ4v) is 3.14. The Bertz CT molecular complexity index is 364. The van der Waals surface area contributed by atoms with Crippen LogP contribution in [0.2, 0.25) is 0 Å². The van der Waals surface area contributed by atoms with E-state index in [1.807, 2.05) is 21.7 Å². The second kappa shape index (κ2) is 5.65. The quantitative estimate of drug-likeness (QED) is 0.892. The van der Waals surface area contributed by atoms with E-state index in [4.69, 9.17) is 5.73 Å². The summed E-state index contributed by atoms with van der Waals surface area (Å²) in [5.74, 6) is 0.916. The van der Waals surface area contributed by atoms with Gasteiger partial charge < -0.3 is 10.6 Å². The van der Waals surface area contributed by atoms with E-state index in [-0.39, 0.29) is 11.9 Å². The van der Waals surface area contributed by atoms with Crippen molar-refractivity contribution in [2.45, 2.75) is 32.2 Å². The number of nitrogens with two attached hydrogens (primary N) is 1. The van der Waals surface area contributed by atoms with Crippen LogP contribution >= 0.6 is 11.3 Å². The standard InChI is InChI=1S/C13H20N2OS/c1-10-2-4-15(12(6-10)8-14)13(16)7-11-3-5-17-9-11/h3,5,9-10,12H,2,4,6-8,14H2,1H3. The SMILES string of the molecule is CC1CCN(C(=O)Cc2ccsc2)C(CN)C1. The molecule has 1 aliphatic rings. The molecule has 0 aliphatic carbocycles. The number of likely N-dealkylation sites (tertiary alicyclic amines) is 1. The van der Waals surface area contributed by atoms with E-state index in [9.17, 15) is 4.79 Å². The molecular weight excluding hydrogens is 232 g/mol. The van der Waals surface area contributed by atoms with Gasteiger partial charge in [0, 0.05) is 19.1 Å². The summed E-state index contributed by atoms with van der Waals surface area (Å²) in [6, 6.07) is 2.26. The van der Waals surface area contributed by atoms with E-state index in [1.165, 1.54) is 0 Å². The van der Waals surface area contributed by atoms with E-state index in [1.54, 1.807) is 11.3 Å². The Balaban J connectivity index is 1.98. The molecule has 17 heavy (non-hydrogen) atoms. The van der Waals surface area contributed by atoms with Crippen molar-refractivity contribution < 1.29 is 4.79 Å². The van der Waals surface area contributed by atoms with Crippen LogP contribution in [0.15, 0.2) is 16.8 Å². The van der Waals surface area contributed by atoms with Gasteiger partial charge in [-0.25, -0.2) is 0 Å². The summed E-state index contributed by atoms with van der Waals surface area (Å²) in [7, 11) is 0. The first-order valence-electron chi connectivity index (χ1n) is 6.21. The average Bonchev–Trinajstić information content (AvgIpc) is 2.81. The van der Waals surface area contributed by atoms with Gasteiger partial charge >= 0.3 is 0 Å². The van der Waals surface area contributed by atoms with Crippen molar-refractivity contribution in [3.8, 4) is 0 Å². The van der Waals surface area contributed by atoms with Gasteiger partial charge in [0.1, 0.15) is 0 Å². The molecule has 1 saturated heterocycles. The van der Waals surface area contributed by atoms with Crippen molar-refractivity contribution in [1.82, 2.24) is 4.90 Å². The van der Waals surface area contributed by atoms with Crippen LogP contribution in [0, 0.1) is 5.92 Å². The molecule has 2 N–H and O–H groups in total. The summed E-state index contributed by atoms with van der Waals surface area (Å²) in [5, 5.41) is 4.06. The third kappa shape index (κ3) is 3.07. The Morgan fingerprint density at radius 3 is 3.12 bits per heavy atom. The van der Waals surface area contributed by atoms with Gasteiger partial charge in [0.2, 0.25) is 5.91 Å². The normalized spacial score (nSPS) is 24.9. The average molecular weight is 252 g/mol. The molecule has 2 unspecified atom stereocenters. The summed E-state index contributed by atoms with van der Waals surface area (Å²) in [5.41, 5.74) is 6.90. The molecule has 0 radical (unpaired) electrons. The van der Waals surface area contributed by atoms with Crippen molar-refractivity contribution in [2.75, 3.05) is 13.1 Å². The summed E-state index contributed by atoms with van der Waals surface area (Å²) >= 11 is 1.64. The molecule has 1 fully saturated rings. The van der Waals surface area contributed by atoms with Crippen LogP contribution in [-0.4, -0.2) is 29.9 Å². The van der Waals surface area contributed by atoms with Gasteiger partial charge in [0.15, 0.2) is 0 Å². The minimum Gasteiger partial charge on any atom is -0.338 e. The van der Waals surface area contributed by atoms with Gasteiger partial charge in [-0.05, 0) is 41.1 Å². The molecule has 1 amide bonds. The highest BCUT2D eigenvalue weighted by atomic mass is 32.1. The highest BCUT2D eigenvalue weighted by molar-refractivity contribution is 7.07. The third-order valence-electron chi connectivity index (χ3n) is 3.51. The number of carbonyl (C=O) groups is 1. The van der Waals surface area contributed by atoms with E-state index < -0.39 is 0 Å². The number of piperidine rings is 1. The summed E-state index contributed by atoms with van der Waals surface area (Å²) in [6.07, 6.45) is 2.67. The molecule has 2 atom stereocenters. The second-order valence-corrected chi connectivity index (χ2v) is 5.69. The van der Waals surface area contributed by atoms with Crippen LogP contribution in [0.4, 0.5) is 0 Å². The predicted molar refractivity (Wildman–Crippen MR) is 71.0 cm³/mol. The fraction of sp³-hybridized carbons (Fsp3) is 0.615. The number of rotatable bonds is 3. The minimum absolute atomic E-state index is 0.228. The zero-order valence-corrected chi connectivity index (χ0v) is 11.1. The van der Waals surface area contributed by atoms with Gasteiger partial charge in [-0.3, -0.25) is 4.79 Å². The Hall–Kier alpha value is -0.870. The van der Waals surface area contributed by atoms with Crippen molar-refractivity contribution in [3.63, 3.8) is 0 Å². The van der Waals surface area contributed by atoms with Gasteiger partial charge in [-0.2, -0.15) is 11.3 Å². The lowest BCUT2D eigenvalue weighted by Crippen LogP contribution is -2.49. The van der Waals surface area contributed by atoms with Crippen LogP contribution in [0.3, 0.4) is 0 Å². The summed E-state index contributed by atoms with van der Waals surface area (Å²) < 4.78 is 0. The third-order valence-corrected chi connectivity index (χ3v) is 4.24. The lowest BCUT2D eigenvalue weighted by molar-refractivity contribution is -0.134. The zero-order chi connectivity index (χ0) is 12.3. The first-order chi connectivity index (χ1) is 8.20. The molecule has 0 spiro atoms. The van der Waals surface area contributed by atoms with Crippen LogP contribution in [0.1, 0.15) is 25.3 Å². The fourth-order valence-electron chi connectivity index (χ4n) is 2.47. The molecule has 2 heterocycles. The highest BCUT2D eigenvalue weighted by Gasteiger charge is 2.28. The van der Waals surface area contributed by atoms with E-state index in [0.29, 0.717) is 18.9 Å². The van der Waals surface area contributed by atoms with Gasteiger partial charge in [0.05, 0.1) is 6.42 Å². The van der Waals surface area contributed by atoms with Crippen LogP contribution in [0.5, 0.6) is 0 Å². The number of nitrogens with zero attached hydrogens (tertiary/aromatic N) is 1. The molecule has 0 bridgehead atoms. The van der Waals surface area contributed by atoms with Crippen LogP contribution in [-0.2, 0) is 11.2 Å². The van der Waals surface area contributed by atoms with Gasteiger partial charge in [0.25, 0.3) is 0 Å².